The zero-order valence-electron chi connectivity index (χ0n) is 9.25. The molecule has 0 spiro atoms. The van der Waals surface area contributed by atoms with Gasteiger partial charge in [-0.2, -0.15) is 0 Å². The molecule has 0 aromatic heterocycles. The lowest BCUT2D eigenvalue weighted by atomic mass is 9.87. The molecule has 13 heavy (non-hydrogen) atoms. The quantitative estimate of drug-likeness (QED) is 0.641. The Hall–Kier alpha value is 0.310. The van der Waals surface area contributed by atoms with Crippen LogP contribution in [0.25, 0.3) is 0 Å². The van der Waals surface area contributed by atoms with E-state index in [4.69, 9.17) is 0 Å². The normalized spacial score (nSPS) is 21.2. The average molecular weight is 201 g/mol. The summed E-state index contributed by atoms with van der Waals surface area (Å²) in [4.78, 5) is 0. The Morgan fingerprint density at radius 1 is 1.31 bits per heavy atom. The van der Waals surface area contributed by atoms with E-state index in [-0.39, 0.29) is 0 Å². The SMILES string of the molecule is CCCSN1CCC(C(C)C)CC1. The van der Waals surface area contributed by atoms with Gasteiger partial charge >= 0.3 is 0 Å². The molecule has 0 atom stereocenters. The lowest BCUT2D eigenvalue weighted by Gasteiger charge is -2.32. The molecule has 1 aliphatic heterocycles. The van der Waals surface area contributed by atoms with Crippen LogP contribution in [0.2, 0.25) is 0 Å². The Morgan fingerprint density at radius 3 is 2.38 bits per heavy atom. The lowest BCUT2D eigenvalue weighted by Crippen LogP contribution is -2.30. The van der Waals surface area contributed by atoms with Crippen LogP contribution in [-0.2, 0) is 0 Å². The highest BCUT2D eigenvalue weighted by Gasteiger charge is 2.21. The number of rotatable bonds is 4. The summed E-state index contributed by atoms with van der Waals surface area (Å²) in [6, 6.07) is 0. The highest BCUT2D eigenvalue weighted by Crippen LogP contribution is 2.27. The lowest BCUT2D eigenvalue weighted by molar-refractivity contribution is 0.237. The van der Waals surface area contributed by atoms with Crippen molar-refractivity contribution in [1.82, 2.24) is 4.31 Å². The Kier molecular flexibility index (Phi) is 5.18. The van der Waals surface area contributed by atoms with Gasteiger partial charge < -0.3 is 0 Å². The molecule has 1 saturated heterocycles. The summed E-state index contributed by atoms with van der Waals surface area (Å²) in [6.45, 7) is 9.61. The van der Waals surface area contributed by atoms with Gasteiger partial charge in [-0.05, 0) is 31.1 Å². The minimum Gasteiger partial charge on any atom is -0.251 e. The van der Waals surface area contributed by atoms with E-state index in [1.807, 2.05) is 11.9 Å². The molecule has 2 heteroatoms. The van der Waals surface area contributed by atoms with Crippen LogP contribution in [0, 0.1) is 11.8 Å². The summed E-state index contributed by atoms with van der Waals surface area (Å²) in [5.74, 6) is 3.17. The van der Waals surface area contributed by atoms with Crippen LogP contribution < -0.4 is 0 Å². The molecule has 0 radical (unpaired) electrons. The van der Waals surface area contributed by atoms with E-state index < -0.39 is 0 Å². The van der Waals surface area contributed by atoms with Crippen molar-refractivity contribution in [2.45, 2.75) is 40.0 Å². The molecule has 0 aromatic carbocycles. The van der Waals surface area contributed by atoms with Gasteiger partial charge in [0, 0.05) is 18.8 Å². The van der Waals surface area contributed by atoms with Crippen LogP contribution >= 0.6 is 11.9 Å². The molecule has 0 saturated carbocycles. The Balaban J connectivity index is 2.15. The predicted octanol–water partition coefficient (Wildman–Crippen LogP) is 3.41. The van der Waals surface area contributed by atoms with Crippen LogP contribution in [-0.4, -0.2) is 23.1 Å². The van der Waals surface area contributed by atoms with E-state index in [0.717, 1.165) is 11.8 Å². The van der Waals surface area contributed by atoms with Crippen molar-refractivity contribution in [3.8, 4) is 0 Å². The monoisotopic (exact) mass is 201 g/mol. The summed E-state index contributed by atoms with van der Waals surface area (Å²) >= 11 is 2.04. The van der Waals surface area contributed by atoms with Crippen molar-refractivity contribution in [1.29, 1.82) is 0 Å². The van der Waals surface area contributed by atoms with Gasteiger partial charge in [0.15, 0.2) is 0 Å². The molecule has 0 amide bonds. The van der Waals surface area contributed by atoms with Crippen molar-refractivity contribution < 1.29 is 0 Å². The van der Waals surface area contributed by atoms with Crippen molar-refractivity contribution >= 4 is 11.9 Å². The van der Waals surface area contributed by atoms with Gasteiger partial charge in [-0.3, -0.25) is 4.31 Å². The first-order valence-corrected chi connectivity index (χ1v) is 6.56. The van der Waals surface area contributed by atoms with Gasteiger partial charge in [-0.15, -0.1) is 0 Å². The minimum atomic E-state index is 0.887. The first-order valence-electron chi connectivity index (χ1n) is 5.62. The summed E-state index contributed by atoms with van der Waals surface area (Å²) < 4.78 is 2.56. The third-order valence-electron chi connectivity index (χ3n) is 2.92. The number of nitrogens with zero attached hydrogens (tertiary/aromatic N) is 1. The van der Waals surface area contributed by atoms with E-state index in [1.165, 1.54) is 38.1 Å². The molecule has 1 nitrogen and oxygen atoms in total. The van der Waals surface area contributed by atoms with Gasteiger partial charge in [-0.1, -0.05) is 32.7 Å². The fraction of sp³-hybridized carbons (Fsp3) is 1.00. The maximum absolute atomic E-state index is 2.56. The largest absolute Gasteiger partial charge is 0.251 e. The second-order valence-electron chi connectivity index (χ2n) is 4.34. The van der Waals surface area contributed by atoms with Crippen molar-refractivity contribution in [2.75, 3.05) is 18.8 Å². The van der Waals surface area contributed by atoms with E-state index in [0.29, 0.717) is 0 Å². The van der Waals surface area contributed by atoms with Gasteiger partial charge in [0.05, 0.1) is 0 Å². The molecule has 1 fully saturated rings. The zero-order chi connectivity index (χ0) is 9.68. The molecule has 0 N–H and O–H groups in total. The van der Waals surface area contributed by atoms with Gasteiger partial charge in [-0.25, -0.2) is 0 Å². The summed E-state index contributed by atoms with van der Waals surface area (Å²) in [5, 5.41) is 0. The highest BCUT2D eigenvalue weighted by atomic mass is 32.2. The van der Waals surface area contributed by atoms with Crippen LogP contribution in [0.4, 0.5) is 0 Å². The second kappa shape index (κ2) is 5.92. The summed E-state index contributed by atoms with van der Waals surface area (Å²) in [5.41, 5.74) is 0. The van der Waals surface area contributed by atoms with Gasteiger partial charge in [0.25, 0.3) is 0 Å². The van der Waals surface area contributed by atoms with E-state index in [9.17, 15) is 0 Å². The van der Waals surface area contributed by atoms with Crippen LogP contribution in [0.3, 0.4) is 0 Å². The number of hydrogen-bond acceptors (Lipinski definition) is 2. The predicted molar refractivity (Wildman–Crippen MR) is 61.9 cm³/mol. The standard InChI is InChI=1S/C11H23NS/c1-4-9-13-12-7-5-11(6-8-12)10(2)3/h10-11H,4-9H2,1-3H3. The van der Waals surface area contributed by atoms with E-state index in [1.54, 1.807) is 0 Å². The Morgan fingerprint density at radius 2 is 1.92 bits per heavy atom. The van der Waals surface area contributed by atoms with E-state index >= 15 is 0 Å². The van der Waals surface area contributed by atoms with Crippen LogP contribution in [0.1, 0.15) is 40.0 Å². The molecule has 78 valence electrons. The first kappa shape index (κ1) is 11.4. The third kappa shape index (κ3) is 3.90. The molecule has 1 aliphatic rings. The van der Waals surface area contributed by atoms with Crippen molar-refractivity contribution in [2.24, 2.45) is 11.8 Å². The second-order valence-corrected chi connectivity index (χ2v) is 5.53. The van der Waals surface area contributed by atoms with Crippen LogP contribution in [0.15, 0.2) is 0 Å². The Bertz CT molecular complexity index is 128. The topological polar surface area (TPSA) is 3.24 Å². The van der Waals surface area contributed by atoms with Gasteiger partial charge in [0.2, 0.25) is 0 Å². The van der Waals surface area contributed by atoms with Crippen LogP contribution in [0.5, 0.6) is 0 Å². The molecule has 0 aromatic rings. The molecular weight excluding hydrogens is 178 g/mol. The number of piperidine rings is 1. The smallest absolute Gasteiger partial charge is 0.00920 e. The molecule has 0 aliphatic carbocycles. The maximum atomic E-state index is 2.56. The maximum Gasteiger partial charge on any atom is 0.00920 e. The molecular formula is C11H23NS. The van der Waals surface area contributed by atoms with Crippen molar-refractivity contribution in [3.05, 3.63) is 0 Å². The number of hydrogen-bond donors (Lipinski definition) is 0. The summed E-state index contributed by atoms with van der Waals surface area (Å²) in [7, 11) is 0. The zero-order valence-corrected chi connectivity index (χ0v) is 10.1. The summed E-state index contributed by atoms with van der Waals surface area (Å²) in [6.07, 6.45) is 4.12. The molecule has 1 heterocycles. The fourth-order valence-electron chi connectivity index (χ4n) is 1.89. The molecule has 0 bridgehead atoms. The Labute approximate surface area is 87.4 Å². The van der Waals surface area contributed by atoms with Gasteiger partial charge in [0.1, 0.15) is 0 Å². The molecule has 0 unspecified atom stereocenters. The van der Waals surface area contributed by atoms with E-state index in [2.05, 4.69) is 25.1 Å². The average Bonchev–Trinajstić information content (AvgIpc) is 2.15. The highest BCUT2D eigenvalue weighted by molar-refractivity contribution is 7.97. The minimum absolute atomic E-state index is 0.887. The fourth-order valence-corrected chi connectivity index (χ4v) is 2.80. The first-order chi connectivity index (χ1) is 6.24. The third-order valence-corrected chi connectivity index (χ3v) is 4.24. The van der Waals surface area contributed by atoms with Crippen molar-refractivity contribution in [3.63, 3.8) is 0 Å². The molecule has 1 rings (SSSR count).